The molecule has 0 amide bonds. The number of aryl methyl sites for hydroxylation is 2. The number of methoxy groups -OCH3 is 3. The highest BCUT2D eigenvalue weighted by Crippen LogP contribution is 2.46. The van der Waals surface area contributed by atoms with E-state index in [2.05, 4.69) is 0 Å². The quantitative estimate of drug-likeness (QED) is 0.361. The zero-order chi connectivity index (χ0) is 24.0. The standard InChI is InChI=1S/C27H34O5S/c1-18-6-11-23(19(2)16-18)24(26(29)32-5)25(28)27(14-12-22(31-4)13-15-27)33-17-20-7-9-21(30-3)10-8-20/h6-11,16,22,24H,12-15,17H2,1-5H3. The molecule has 0 saturated heterocycles. The molecule has 178 valence electrons. The van der Waals surface area contributed by atoms with Gasteiger partial charge in [0.05, 0.1) is 25.1 Å². The summed E-state index contributed by atoms with van der Waals surface area (Å²) in [5.41, 5.74) is 3.87. The SMILES string of the molecule is COC(=O)C(C(=O)C1(SCc2ccc(OC)cc2)CCC(OC)CC1)c1ccc(C)cc1C. The summed E-state index contributed by atoms with van der Waals surface area (Å²) >= 11 is 1.64. The number of esters is 1. The molecule has 0 aliphatic heterocycles. The van der Waals surface area contributed by atoms with E-state index in [0.717, 1.165) is 40.8 Å². The Balaban J connectivity index is 1.94. The van der Waals surface area contributed by atoms with Crippen molar-refractivity contribution in [2.24, 2.45) is 0 Å². The first-order valence-electron chi connectivity index (χ1n) is 11.3. The van der Waals surface area contributed by atoms with Crippen molar-refractivity contribution in [2.75, 3.05) is 21.3 Å². The van der Waals surface area contributed by atoms with Gasteiger partial charge in [-0.2, -0.15) is 0 Å². The second-order valence-corrected chi connectivity index (χ2v) is 10.1. The number of ketones is 1. The van der Waals surface area contributed by atoms with Gasteiger partial charge in [0.2, 0.25) is 0 Å². The average Bonchev–Trinajstić information content (AvgIpc) is 2.84. The van der Waals surface area contributed by atoms with E-state index in [9.17, 15) is 9.59 Å². The van der Waals surface area contributed by atoms with Crippen LogP contribution in [0.1, 0.15) is 53.9 Å². The lowest BCUT2D eigenvalue weighted by molar-refractivity contribution is -0.146. The fourth-order valence-electron chi connectivity index (χ4n) is 4.60. The Hall–Kier alpha value is -2.31. The topological polar surface area (TPSA) is 61.8 Å². The molecular weight excluding hydrogens is 436 g/mol. The lowest BCUT2D eigenvalue weighted by Gasteiger charge is -2.40. The van der Waals surface area contributed by atoms with E-state index in [1.54, 1.807) is 26.0 Å². The Labute approximate surface area is 201 Å². The third kappa shape index (κ3) is 5.79. The molecule has 0 radical (unpaired) electrons. The first-order chi connectivity index (χ1) is 15.8. The van der Waals surface area contributed by atoms with E-state index in [-0.39, 0.29) is 11.9 Å². The van der Waals surface area contributed by atoms with Crippen molar-refractivity contribution >= 4 is 23.5 Å². The van der Waals surface area contributed by atoms with E-state index in [1.807, 2.05) is 56.3 Å². The second kappa shape index (κ2) is 11.2. The number of hydrogen-bond acceptors (Lipinski definition) is 6. The summed E-state index contributed by atoms with van der Waals surface area (Å²) < 4.78 is 15.3. The van der Waals surface area contributed by atoms with Gasteiger partial charge in [-0.15, -0.1) is 11.8 Å². The molecule has 5 nitrogen and oxygen atoms in total. The van der Waals surface area contributed by atoms with Gasteiger partial charge in [-0.25, -0.2) is 0 Å². The van der Waals surface area contributed by atoms with Gasteiger partial charge in [0.25, 0.3) is 0 Å². The van der Waals surface area contributed by atoms with Crippen molar-refractivity contribution in [1.82, 2.24) is 0 Å². The van der Waals surface area contributed by atoms with Crippen molar-refractivity contribution in [1.29, 1.82) is 0 Å². The molecule has 2 aromatic carbocycles. The van der Waals surface area contributed by atoms with Gasteiger partial charge in [0, 0.05) is 12.9 Å². The second-order valence-electron chi connectivity index (χ2n) is 8.75. The summed E-state index contributed by atoms with van der Waals surface area (Å²) in [4.78, 5) is 27.1. The van der Waals surface area contributed by atoms with Crippen LogP contribution in [0.25, 0.3) is 0 Å². The molecule has 1 unspecified atom stereocenters. The van der Waals surface area contributed by atoms with Crippen LogP contribution in [0.2, 0.25) is 0 Å². The number of carbonyl (C=O) groups is 2. The minimum Gasteiger partial charge on any atom is -0.497 e. The summed E-state index contributed by atoms with van der Waals surface area (Å²) in [6, 6.07) is 13.8. The maximum atomic E-state index is 14.2. The van der Waals surface area contributed by atoms with E-state index >= 15 is 0 Å². The lowest BCUT2D eigenvalue weighted by atomic mass is 9.77. The highest BCUT2D eigenvalue weighted by molar-refractivity contribution is 8.00. The molecule has 1 fully saturated rings. The predicted octanol–water partition coefficient (Wildman–Crippen LogP) is 5.40. The van der Waals surface area contributed by atoms with Crippen LogP contribution in [0.3, 0.4) is 0 Å². The van der Waals surface area contributed by atoms with Crippen LogP contribution in [0.5, 0.6) is 5.75 Å². The highest BCUT2D eigenvalue weighted by Gasteiger charge is 2.48. The van der Waals surface area contributed by atoms with Crippen molar-refractivity contribution in [3.63, 3.8) is 0 Å². The largest absolute Gasteiger partial charge is 0.497 e. The number of rotatable bonds is 9. The first-order valence-corrected chi connectivity index (χ1v) is 12.3. The molecule has 0 spiro atoms. The van der Waals surface area contributed by atoms with Crippen molar-refractivity contribution in [3.8, 4) is 5.75 Å². The maximum absolute atomic E-state index is 14.2. The monoisotopic (exact) mass is 470 g/mol. The van der Waals surface area contributed by atoms with Gasteiger partial charge in [-0.3, -0.25) is 9.59 Å². The van der Waals surface area contributed by atoms with Crippen molar-refractivity contribution in [3.05, 3.63) is 64.7 Å². The molecule has 1 saturated carbocycles. The first kappa shape index (κ1) is 25.3. The Bertz CT molecular complexity index is 961. The Morgan fingerprint density at radius 2 is 1.70 bits per heavy atom. The summed E-state index contributed by atoms with van der Waals surface area (Å²) in [7, 11) is 4.72. The van der Waals surface area contributed by atoms with E-state index in [1.165, 1.54) is 7.11 Å². The average molecular weight is 471 g/mol. The van der Waals surface area contributed by atoms with Crippen LogP contribution in [-0.2, 0) is 24.8 Å². The van der Waals surface area contributed by atoms with Crippen LogP contribution in [0, 0.1) is 13.8 Å². The third-order valence-electron chi connectivity index (χ3n) is 6.63. The van der Waals surface area contributed by atoms with Gasteiger partial charge in [0.1, 0.15) is 11.7 Å². The minimum absolute atomic E-state index is 0.0608. The smallest absolute Gasteiger partial charge is 0.320 e. The van der Waals surface area contributed by atoms with E-state index in [0.29, 0.717) is 18.6 Å². The summed E-state index contributed by atoms with van der Waals surface area (Å²) in [6.45, 7) is 3.95. The zero-order valence-corrected chi connectivity index (χ0v) is 21.0. The van der Waals surface area contributed by atoms with Gasteiger partial charge < -0.3 is 14.2 Å². The van der Waals surface area contributed by atoms with Crippen LogP contribution < -0.4 is 4.74 Å². The molecule has 1 atom stereocenters. The molecule has 0 N–H and O–H groups in total. The minimum atomic E-state index is -0.932. The maximum Gasteiger partial charge on any atom is 0.320 e. The number of hydrogen-bond donors (Lipinski definition) is 0. The fourth-order valence-corrected chi connectivity index (χ4v) is 6.02. The van der Waals surface area contributed by atoms with Crippen LogP contribution in [0.15, 0.2) is 42.5 Å². The number of Topliss-reactive ketones (excluding diaryl/α,β-unsaturated/α-hetero) is 1. The van der Waals surface area contributed by atoms with Crippen LogP contribution in [-0.4, -0.2) is 43.9 Å². The number of carbonyl (C=O) groups excluding carboxylic acids is 2. The highest BCUT2D eigenvalue weighted by atomic mass is 32.2. The molecule has 33 heavy (non-hydrogen) atoms. The van der Waals surface area contributed by atoms with Gasteiger partial charge in [-0.05, 0) is 68.4 Å². The predicted molar refractivity (Wildman–Crippen MR) is 132 cm³/mol. The molecule has 0 aromatic heterocycles. The lowest BCUT2D eigenvalue weighted by Crippen LogP contribution is -2.45. The van der Waals surface area contributed by atoms with Crippen molar-refractivity contribution in [2.45, 2.75) is 62.1 Å². The molecule has 2 aromatic rings. The molecule has 0 heterocycles. The van der Waals surface area contributed by atoms with Gasteiger partial charge in [0.15, 0.2) is 5.78 Å². The van der Waals surface area contributed by atoms with E-state index < -0.39 is 16.6 Å². The fraction of sp³-hybridized carbons (Fsp3) is 0.481. The molecular formula is C27H34O5S. The van der Waals surface area contributed by atoms with Gasteiger partial charge in [-0.1, -0.05) is 35.9 Å². The summed E-state index contributed by atoms with van der Waals surface area (Å²) in [6.07, 6.45) is 3.06. The molecule has 1 aliphatic rings. The Morgan fingerprint density at radius 1 is 1.03 bits per heavy atom. The van der Waals surface area contributed by atoms with Crippen LogP contribution in [0.4, 0.5) is 0 Å². The third-order valence-corrected chi connectivity index (χ3v) is 8.27. The Morgan fingerprint density at radius 3 is 2.24 bits per heavy atom. The molecule has 3 rings (SSSR count). The summed E-state index contributed by atoms with van der Waals surface area (Å²) in [5.74, 6) is -0.0119. The zero-order valence-electron chi connectivity index (χ0n) is 20.2. The normalized spacial score (nSPS) is 21.3. The molecule has 6 heteroatoms. The number of benzene rings is 2. The summed E-state index contributed by atoms with van der Waals surface area (Å²) in [5, 5.41) is 0. The molecule has 0 bridgehead atoms. The van der Waals surface area contributed by atoms with Crippen LogP contribution >= 0.6 is 11.8 Å². The molecule has 1 aliphatic carbocycles. The Kier molecular flexibility index (Phi) is 8.60. The number of thioether (sulfide) groups is 1. The van der Waals surface area contributed by atoms with E-state index in [4.69, 9.17) is 14.2 Å². The van der Waals surface area contributed by atoms with Crippen molar-refractivity contribution < 1.29 is 23.8 Å². The van der Waals surface area contributed by atoms with Gasteiger partial charge >= 0.3 is 5.97 Å². The number of ether oxygens (including phenoxy) is 3.